The molecule has 1 nitrogen and oxygen atoms in total. The van der Waals surface area contributed by atoms with Gasteiger partial charge < -0.3 is 4.90 Å². The average Bonchev–Trinajstić information content (AvgIpc) is 3.16. The summed E-state index contributed by atoms with van der Waals surface area (Å²) in [7, 11) is 0. The maximum atomic E-state index is 4.28. The lowest BCUT2D eigenvalue weighted by Gasteiger charge is -2.28. The molecular weight excluding hydrogens is 434 g/mol. The zero-order chi connectivity index (χ0) is 25.7. The molecule has 0 aliphatic heterocycles. The molecule has 1 aliphatic carbocycles. The van der Waals surface area contributed by atoms with E-state index in [1.165, 1.54) is 33.4 Å². The van der Waals surface area contributed by atoms with Crippen LogP contribution in [0.1, 0.15) is 25.0 Å². The number of hydrogen-bond acceptors (Lipinski definition) is 1. The van der Waals surface area contributed by atoms with E-state index in [9.17, 15) is 0 Å². The molecule has 0 aromatic heterocycles. The molecule has 0 heterocycles. The van der Waals surface area contributed by atoms with Crippen molar-refractivity contribution in [3.63, 3.8) is 0 Å². The van der Waals surface area contributed by atoms with Gasteiger partial charge in [-0.3, -0.25) is 0 Å². The van der Waals surface area contributed by atoms with E-state index in [2.05, 4.69) is 136 Å². The van der Waals surface area contributed by atoms with Crippen LogP contribution in [0.4, 0.5) is 11.4 Å². The molecule has 0 unspecified atom stereocenters. The molecule has 1 aliphatic rings. The Kier molecular flexibility index (Phi) is 7.22. The van der Waals surface area contributed by atoms with Crippen LogP contribution in [0.25, 0.3) is 22.3 Å². The smallest absolute Gasteiger partial charge is 0.0464 e. The Labute approximate surface area is 216 Å². The van der Waals surface area contributed by atoms with E-state index in [-0.39, 0.29) is 5.41 Å². The largest absolute Gasteiger partial charge is 0.311 e. The zero-order valence-corrected chi connectivity index (χ0v) is 21.2. The van der Waals surface area contributed by atoms with Crippen LogP contribution >= 0.6 is 0 Å². The van der Waals surface area contributed by atoms with Gasteiger partial charge in [0.25, 0.3) is 0 Å². The van der Waals surface area contributed by atoms with Crippen LogP contribution < -0.4 is 4.90 Å². The number of rotatable bonds is 6. The molecular formula is C35H33N. The van der Waals surface area contributed by atoms with Gasteiger partial charge in [-0.05, 0) is 63.7 Å². The van der Waals surface area contributed by atoms with Crippen molar-refractivity contribution in [1.82, 2.24) is 0 Å². The van der Waals surface area contributed by atoms with Crippen molar-refractivity contribution in [2.24, 2.45) is 0 Å². The summed E-state index contributed by atoms with van der Waals surface area (Å²) >= 11 is 0. The maximum absolute atomic E-state index is 4.28. The summed E-state index contributed by atoms with van der Waals surface area (Å²) in [5.74, 6) is 0. The standard InChI is InChI=1S/C31H27N.C4H6/c1-5-22(2)32(25-17-15-24(16-18-25)23-11-7-6-8-12-23)26-19-20-28-27-13-9-10-14-29(27)31(3,4)30(28)21-26;1-3-4-2/h5-21H,1-2H2,3-4H3;3-4H,1-2H2. The van der Waals surface area contributed by atoms with Crippen LogP contribution in [0, 0.1) is 0 Å². The zero-order valence-electron chi connectivity index (χ0n) is 21.2. The summed E-state index contributed by atoms with van der Waals surface area (Å²) < 4.78 is 0. The van der Waals surface area contributed by atoms with Crippen LogP contribution in [0.2, 0.25) is 0 Å². The van der Waals surface area contributed by atoms with Gasteiger partial charge in [-0.25, -0.2) is 0 Å². The molecule has 0 amide bonds. The molecule has 0 atom stereocenters. The first-order valence-electron chi connectivity index (χ1n) is 12.2. The molecule has 4 aromatic carbocycles. The number of hydrogen-bond donors (Lipinski definition) is 0. The summed E-state index contributed by atoms with van der Waals surface area (Å²) in [4.78, 5) is 2.18. The normalized spacial score (nSPS) is 12.3. The Bertz CT molecular complexity index is 1400. The van der Waals surface area contributed by atoms with Gasteiger partial charge in [-0.2, -0.15) is 0 Å². The highest BCUT2D eigenvalue weighted by molar-refractivity contribution is 5.84. The first-order valence-corrected chi connectivity index (χ1v) is 12.2. The Morgan fingerprint density at radius 3 is 1.83 bits per heavy atom. The summed E-state index contributed by atoms with van der Waals surface area (Å²) in [6, 6.07) is 34.6. The van der Waals surface area contributed by atoms with Crippen LogP contribution in [0.15, 0.2) is 147 Å². The van der Waals surface area contributed by atoms with E-state index in [1.54, 1.807) is 12.2 Å². The first-order chi connectivity index (χ1) is 17.4. The lowest BCUT2D eigenvalue weighted by atomic mass is 9.82. The van der Waals surface area contributed by atoms with Crippen molar-refractivity contribution in [2.45, 2.75) is 19.3 Å². The SMILES string of the molecule is C=CC(=C)N(c1ccc(-c2ccccc2)cc1)c1ccc2c(c1)C(C)(C)c1ccccc1-2.C=CC=C. The molecule has 1 heteroatoms. The molecule has 0 N–H and O–H groups in total. The lowest BCUT2D eigenvalue weighted by molar-refractivity contribution is 0.660. The van der Waals surface area contributed by atoms with Gasteiger partial charge in [0, 0.05) is 22.5 Å². The van der Waals surface area contributed by atoms with Crippen molar-refractivity contribution >= 4 is 11.4 Å². The molecule has 0 bridgehead atoms. The summed E-state index contributed by atoms with van der Waals surface area (Å²) in [6.45, 7) is 19.6. The number of fused-ring (bicyclic) bond motifs is 3. The minimum atomic E-state index is -0.0414. The van der Waals surface area contributed by atoms with E-state index in [4.69, 9.17) is 0 Å². The molecule has 4 aromatic rings. The van der Waals surface area contributed by atoms with Crippen molar-refractivity contribution < 1.29 is 0 Å². The Hall–Kier alpha value is -4.36. The molecule has 0 saturated heterocycles. The van der Waals surface area contributed by atoms with Crippen LogP contribution in [-0.4, -0.2) is 0 Å². The quantitative estimate of drug-likeness (QED) is 0.255. The minimum absolute atomic E-state index is 0.0414. The highest BCUT2D eigenvalue weighted by atomic mass is 15.1. The number of anilines is 2. The predicted octanol–water partition coefficient (Wildman–Crippen LogP) is 9.86. The fraction of sp³-hybridized carbons (Fsp3) is 0.0857. The van der Waals surface area contributed by atoms with E-state index in [0.717, 1.165) is 17.1 Å². The first kappa shape index (κ1) is 24.8. The second kappa shape index (κ2) is 10.5. The van der Waals surface area contributed by atoms with Gasteiger partial charge in [0.05, 0.1) is 0 Å². The maximum Gasteiger partial charge on any atom is 0.0464 e. The topological polar surface area (TPSA) is 3.24 Å². The van der Waals surface area contributed by atoms with Crippen molar-refractivity contribution in [1.29, 1.82) is 0 Å². The molecule has 0 saturated carbocycles. The van der Waals surface area contributed by atoms with E-state index in [1.807, 2.05) is 12.1 Å². The molecule has 0 spiro atoms. The van der Waals surface area contributed by atoms with Gasteiger partial charge in [0.15, 0.2) is 0 Å². The number of allylic oxidation sites excluding steroid dienone is 3. The van der Waals surface area contributed by atoms with Crippen LogP contribution in [0.5, 0.6) is 0 Å². The third-order valence-corrected chi connectivity index (χ3v) is 6.75. The summed E-state index contributed by atoms with van der Waals surface area (Å²) in [5.41, 5.74) is 10.8. The van der Waals surface area contributed by atoms with Gasteiger partial charge in [-0.15, -0.1) is 0 Å². The minimum Gasteiger partial charge on any atom is -0.311 e. The third kappa shape index (κ3) is 4.61. The Morgan fingerprint density at radius 2 is 1.19 bits per heavy atom. The molecule has 0 fully saturated rings. The Balaban J connectivity index is 0.000000709. The van der Waals surface area contributed by atoms with Gasteiger partial charge in [0.2, 0.25) is 0 Å². The summed E-state index contributed by atoms with van der Waals surface area (Å²) in [5, 5.41) is 0. The van der Waals surface area contributed by atoms with Gasteiger partial charge in [0.1, 0.15) is 0 Å². The van der Waals surface area contributed by atoms with Gasteiger partial charge in [-0.1, -0.05) is 125 Å². The van der Waals surface area contributed by atoms with Crippen molar-refractivity contribution in [3.8, 4) is 22.3 Å². The van der Waals surface area contributed by atoms with Crippen LogP contribution in [0.3, 0.4) is 0 Å². The fourth-order valence-electron chi connectivity index (χ4n) is 4.84. The second-order valence-corrected chi connectivity index (χ2v) is 9.32. The molecule has 0 radical (unpaired) electrons. The molecule has 178 valence electrons. The van der Waals surface area contributed by atoms with E-state index in [0.29, 0.717) is 0 Å². The fourth-order valence-corrected chi connectivity index (χ4v) is 4.84. The second-order valence-electron chi connectivity index (χ2n) is 9.32. The summed E-state index contributed by atoms with van der Waals surface area (Å²) in [6.07, 6.45) is 5.10. The van der Waals surface area contributed by atoms with E-state index < -0.39 is 0 Å². The average molecular weight is 468 g/mol. The predicted molar refractivity (Wildman–Crippen MR) is 158 cm³/mol. The van der Waals surface area contributed by atoms with Gasteiger partial charge >= 0.3 is 0 Å². The van der Waals surface area contributed by atoms with Crippen molar-refractivity contribution in [2.75, 3.05) is 4.90 Å². The number of nitrogens with zero attached hydrogens (tertiary/aromatic N) is 1. The van der Waals surface area contributed by atoms with E-state index >= 15 is 0 Å². The molecule has 5 rings (SSSR count). The van der Waals surface area contributed by atoms with Crippen LogP contribution in [-0.2, 0) is 5.41 Å². The third-order valence-electron chi connectivity index (χ3n) is 6.75. The monoisotopic (exact) mass is 467 g/mol. The lowest BCUT2D eigenvalue weighted by Crippen LogP contribution is -2.18. The Morgan fingerprint density at radius 1 is 0.639 bits per heavy atom. The highest BCUT2D eigenvalue weighted by Gasteiger charge is 2.35. The highest BCUT2D eigenvalue weighted by Crippen LogP contribution is 2.50. The number of benzene rings is 4. The molecule has 36 heavy (non-hydrogen) atoms. The van der Waals surface area contributed by atoms with Crippen molar-refractivity contribution in [3.05, 3.63) is 158 Å².